The van der Waals surface area contributed by atoms with Gasteiger partial charge in [-0.25, -0.2) is 0 Å². The molecule has 3 aromatic rings. The summed E-state index contributed by atoms with van der Waals surface area (Å²) in [5, 5.41) is 2.39. The Balaban J connectivity index is 1.42. The Kier molecular flexibility index (Phi) is 7.70. The fourth-order valence-electron chi connectivity index (χ4n) is 3.70. The number of thiocarbonyl (C=S) groups is 1. The Morgan fingerprint density at radius 2 is 1.84 bits per heavy atom. The summed E-state index contributed by atoms with van der Waals surface area (Å²) in [7, 11) is 0. The highest BCUT2D eigenvalue weighted by atomic mass is 32.2. The Labute approximate surface area is 221 Å². The molecule has 190 valence electrons. The second-order valence-corrected chi connectivity index (χ2v) is 9.97. The molecule has 0 aromatic heterocycles. The standard InChI is InChI=1S/C27H21F3N2O3S2/c1-16-9-10-22(17(2)11-16)32-25(34)23(37-26(32)36)13-18-5-3-8-21(12-18)35-15-24(33)31-20-7-4-6-19(14-20)27(28,29)30/h3-14H,15H2,1-2H3,(H,31,33)/b23-13-. The fraction of sp³-hybridized carbons (Fsp3) is 0.148. The van der Waals surface area contributed by atoms with Gasteiger partial charge in [-0.3, -0.25) is 14.5 Å². The maximum absolute atomic E-state index is 13.1. The summed E-state index contributed by atoms with van der Waals surface area (Å²) < 4.78 is 44.6. The van der Waals surface area contributed by atoms with Gasteiger partial charge in [0.2, 0.25) is 0 Å². The van der Waals surface area contributed by atoms with E-state index in [9.17, 15) is 22.8 Å². The third-order valence-corrected chi connectivity index (χ3v) is 6.69. The molecule has 2 amide bonds. The lowest BCUT2D eigenvalue weighted by Crippen LogP contribution is -2.28. The topological polar surface area (TPSA) is 58.6 Å². The van der Waals surface area contributed by atoms with Gasteiger partial charge in [0.25, 0.3) is 11.8 Å². The van der Waals surface area contributed by atoms with Gasteiger partial charge in [-0.1, -0.05) is 59.9 Å². The number of ether oxygens (including phenoxy) is 1. The predicted octanol–water partition coefficient (Wildman–Crippen LogP) is 6.75. The van der Waals surface area contributed by atoms with Crippen LogP contribution in [-0.4, -0.2) is 22.7 Å². The van der Waals surface area contributed by atoms with Crippen LogP contribution in [-0.2, 0) is 15.8 Å². The van der Waals surface area contributed by atoms with E-state index in [2.05, 4.69) is 5.32 Å². The van der Waals surface area contributed by atoms with Crippen LogP contribution in [0.25, 0.3) is 6.08 Å². The number of carbonyl (C=O) groups is 2. The lowest BCUT2D eigenvalue weighted by atomic mass is 10.1. The zero-order valence-corrected chi connectivity index (χ0v) is 21.4. The molecule has 5 nitrogen and oxygen atoms in total. The third-order valence-electron chi connectivity index (χ3n) is 5.39. The summed E-state index contributed by atoms with van der Waals surface area (Å²) >= 11 is 6.66. The van der Waals surface area contributed by atoms with Crippen molar-refractivity contribution in [2.24, 2.45) is 0 Å². The minimum Gasteiger partial charge on any atom is -0.484 e. The summed E-state index contributed by atoms with van der Waals surface area (Å²) in [4.78, 5) is 27.3. The molecule has 0 aliphatic carbocycles. The average Bonchev–Trinajstić information content (AvgIpc) is 3.10. The molecule has 1 aliphatic rings. The summed E-state index contributed by atoms with van der Waals surface area (Å²) in [5.41, 5.74) is 2.58. The minimum atomic E-state index is -4.51. The van der Waals surface area contributed by atoms with Crippen LogP contribution in [0.3, 0.4) is 0 Å². The van der Waals surface area contributed by atoms with Gasteiger partial charge < -0.3 is 10.1 Å². The molecular formula is C27H21F3N2O3S2. The first-order valence-corrected chi connectivity index (χ1v) is 12.3. The van der Waals surface area contributed by atoms with Crippen molar-refractivity contribution in [2.75, 3.05) is 16.8 Å². The summed E-state index contributed by atoms with van der Waals surface area (Å²) in [6, 6.07) is 16.9. The first kappa shape index (κ1) is 26.4. The van der Waals surface area contributed by atoms with E-state index in [1.165, 1.54) is 28.8 Å². The first-order valence-electron chi connectivity index (χ1n) is 11.1. The molecule has 1 heterocycles. The first-order chi connectivity index (χ1) is 17.5. The summed E-state index contributed by atoms with van der Waals surface area (Å²) in [6.07, 6.45) is -2.82. The molecule has 1 fully saturated rings. The SMILES string of the molecule is Cc1ccc(N2C(=O)/C(=C/c3cccc(OCC(=O)Nc4cccc(C(F)(F)F)c4)c3)SC2=S)c(C)c1. The third kappa shape index (κ3) is 6.39. The van der Waals surface area contributed by atoms with Crippen LogP contribution in [0.15, 0.2) is 71.6 Å². The van der Waals surface area contributed by atoms with E-state index in [-0.39, 0.29) is 11.6 Å². The van der Waals surface area contributed by atoms with Crippen LogP contribution in [0.4, 0.5) is 24.5 Å². The highest BCUT2D eigenvalue weighted by Crippen LogP contribution is 2.37. The van der Waals surface area contributed by atoms with Crippen LogP contribution >= 0.6 is 24.0 Å². The van der Waals surface area contributed by atoms with E-state index in [0.29, 0.717) is 20.5 Å². The Morgan fingerprint density at radius 3 is 2.57 bits per heavy atom. The normalized spacial score (nSPS) is 14.8. The highest BCUT2D eigenvalue weighted by molar-refractivity contribution is 8.27. The van der Waals surface area contributed by atoms with Crippen LogP contribution in [0.2, 0.25) is 0 Å². The molecule has 10 heteroatoms. The molecule has 0 bridgehead atoms. The second kappa shape index (κ2) is 10.8. The highest BCUT2D eigenvalue weighted by Gasteiger charge is 2.34. The van der Waals surface area contributed by atoms with Gasteiger partial charge in [-0.15, -0.1) is 0 Å². The lowest BCUT2D eigenvalue weighted by molar-refractivity contribution is -0.137. The van der Waals surface area contributed by atoms with Crippen molar-refractivity contribution in [3.05, 3.63) is 93.9 Å². The number of nitrogens with one attached hydrogen (secondary N) is 1. The average molecular weight is 543 g/mol. The number of carbonyl (C=O) groups excluding carboxylic acids is 2. The van der Waals surface area contributed by atoms with E-state index in [1.807, 2.05) is 32.0 Å². The fourth-order valence-corrected chi connectivity index (χ4v) is 4.98. The van der Waals surface area contributed by atoms with Gasteiger partial charge in [0, 0.05) is 5.69 Å². The lowest BCUT2D eigenvalue weighted by Gasteiger charge is -2.17. The number of rotatable bonds is 6. The zero-order valence-electron chi connectivity index (χ0n) is 19.8. The summed E-state index contributed by atoms with van der Waals surface area (Å²) in [6.45, 7) is 3.49. The van der Waals surface area contributed by atoms with Crippen molar-refractivity contribution >= 4 is 57.6 Å². The van der Waals surface area contributed by atoms with Gasteiger partial charge in [-0.2, -0.15) is 13.2 Å². The molecule has 0 radical (unpaired) electrons. The van der Waals surface area contributed by atoms with Gasteiger partial charge in [-0.05, 0) is 67.4 Å². The zero-order chi connectivity index (χ0) is 26.7. The van der Waals surface area contributed by atoms with Gasteiger partial charge in [0.1, 0.15) is 5.75 Å². The van der Waals surface area contributed by atoms with Gasteiger partial charge >= 0.3 is 6.18 Å². The number of hydrogen-bond acceptors (Lipinski definition) is 5. The second-order valence-electron chi connectivity index (χ2n) is 8.29. The number of thioether (sulfide) groups is 1. The van der Waals surface area contributed by atoms with Crippen LogP contribution in [0.1, 0.15) is 22.3 Å². The van der Waals surface area contributed by atoms with Crippen molar-refractivity contribution in [2.45, 2.75) is 20.0 Å². The number of anilines is 2. The van der Waals surface area contributed by atoms with Gasteiger partial charge in [0.15, 0.2) is 10.9 Å². The Morgan fingerprint density at radius 1 is 1.08 bits per heavy atom. The molecule has 37 heavy (non-hydrogen) atoms. The number of aryl methyl sites for hydroxylation is 2. The monoisotopic (exact) mass is 542 g/mol. The maximum Gasteiger partial charge on any atom is 0.416 e. The Hall–Kier alpha value is -3.63. The maximum atomic E-state index is 13.1. The van der Waals surface area contributed by atoms with Crippen molar-refractivity contribution in [1.29, 1.82) is 0 Å². The molecular weight excluding hydrogens is 521 g/mol. The largest absolute Gasteiger partial charge is 0.484 e. The number of halogens is 3. The Bertz CT molecular complexity index is 1420. The van der Waals surface area contributed by atoms with E-state index < -0.39 is 24.3 Å². The van der Waals surface area contributed by atoms with E-state index in [0.717, 1.165) is 28.9 Å². The number of hydrogen-bond donors (Lipinski definition) is 1. The molecule has 0 spiro atoms. The van der Waals surface area contributed by atoms with Crippen LogP contribution in [0.5, 0.6) is 5.75 Å². The van der Waals surface area contributed by atoms with Crippen molar-refractivity contribution < 1.29 is 27.5 Å². The number of benzene rings is 3. The predicted molar refractivity (Wildman–Crippen MR) is 144 cm³/mol. The van der Waals surface area contributed by atoms with Crippen molar-refractivity contribution in [3.63, 3.8) is 0 Å². The molecule has 1 N–H and O–H groups in total. The van der Waals surface area contributed by atoms with E-state index >= 15 is 0 Å². The molecule has 3 aromatic carbocycles. The quantitative estimate of drug-likeness (QED) is 0.276. The van der Waals surface area contributed by atoms with Gasteiger partial charge in [0.05, 0.1) is 16.2 Å². The van der Waals surface area contributed by atoms with Crippen LogP contribution < -0.4 is 15.0 Å². The smallest absolute Gasteiger partial charge is 0.416 e. The minimum absolute atomic E-state index is 0.0167. The summed E-state index contributed by atoms with van der Waals surface area (Å²) in [5.74, 6) is -0.481. The molecule has 1 saturated heterocycles. The molecule has 0 saturated carbocycles. The number of nitrogens with zero attached hydrogens (tertiary/aromatic N) is 1. The number of alkyl halides is 3. The molecule has 0 unspecified atom stereocenters. The van der Waals surface area contributed by atoms with Crippen molar-refractivity contribution in [3.8, 4) is 5.75 Å². The van der Waals surface area contributed by atoms with Crippen LogP contribution in [0, 0.1) is 13.8 Å². The molecule has 4 rings (SSSR count). The molecule has 0 atom stereocenters. The van der Waals surface area contributed by atoms with E-state index in [1.54, 1.807) is 30.3 Å². The number of amides is 2. The van der Waals surface area contributed by atoms with Crippen molar-refractivity contribution in [1.82, 2.24) is 0 Å². The van der Waals surface area contributed by atoms with E-state index in [4.69, 9.17) is 17.0 Å². The molecule has 1 aliphatic heterocycles.